The van der Waals surface area contributed by atoms with Crippen LogP contribution in [0.3, 0.4) is 0 Å². The Morgan fingerprint density at radius 3 is 1.98 bits per heavy atom. The third-order valence-corrected chi connectivity index (χ3v) is 9.09. The number of furan rings is 1. The molecule has 0 aliphatic carbocycles. The molecule has 0 saturated heterocycles. The van der Waals surface area contributed by atoms with Gasteiger partial charge in [0.1, 0.15) is 11.2 Å². The first-order valence-corrected chi connectivity index (χ1v) is 15.4. The molecule has 0 amide bonds. The average Bonchev–Trinajstić information content (AvgIpc) is 3.48. The Kier molecular flexibility index (Phi) is 5.76. The molecule has 45 heavy (non-hydrogen) atoms. The molecule has 0 aliphatic heterocycles. The second kappa shape index (κ2) is 10.1. The zero-order chi connectivity index (χ0) is 29.9. The topological polar surface area (TPSA) is 16.4 Å². The van der Waals surface area contributed by atoms with Crippen LogP contribution in [0.2, 0.25) is 0 Å². The molecule has 1 heterocycles. The van der Waals surface area contributed by atoms with Gasteiger partial charge >= 0.3 is 0 Å². The van der Waals surface area contributed by atoms with Crippen molar-refractivity contribution < 1.29 is 4.42 Å². The first-order chi connectivity index (χ1) is 22.2. The summed E-state index contributed by atoms with van der Waals surface area (Å²) in [6, 6.07) is 56.7. The fraction of sp³-hybridized carbons (Fsp3) is 0.0233. The summed E-state index contributed by atoms with van der Waals surface area (Å²) in [5.41, 5.74) is 8.68. The van der Waals surface area contributed by atoms with Gasteiger partial charge < -0.3 is 9.32 Å². The van der Waals surface area contributed by atoms with Crippen molar-refractivity contribution in [2.24, 2.45) is 0 Å². The number of rotatable bonds is 4. The largest absolute Gasteiger partial charge is 0.455 e. The van der Waals surface area contributed by atoms with Crippen LogP contribution in [0.5, 0.6) is 0 Å². The maximum Gasteiger partial charge on any atom is 0.143 e. The molecule has 212 valence electrons. The molecule has 2 nitrogen and oxygen atoms in total. The number of para-hydroxylation sites is 2. The van der Waals surface area contributed by atoms with E-state index in [0.717, 1.165) is 50.1 Å². The molecule has 2 heteroatoms. The summed E-state index contributed by atoms with van der Waals surface area (Å²) >= 11 is 0. The SMILES string of the molecule is Cc1cccc(N(c2ccc(-c3cccc4c3oc3ccccc34)cc2)c2cc3c4ccccc4ccc3c3ccccc23)c1. The minimum absolute atomic E-state index is 0.915. The van der Waals surface area contributed by atoms with Gasteiger partial charge in [-0.2, -0.15) is 0 Å². The van der Waals surface area contributed by atoms with Crippen LogP contribution in [-0.2, 0) is 0 Å². The normalized spacial score (nSPS) is 11.7. The second-order valence-corrected chi connectivity index (χ2v) is 11.8. The average molecular weight is 576 g/mol. The van der Waals surface area contributed by atoms with Gasteiger partial charge in [0.15, 0.2) is 0 Å². The van der Waals surface area contributed by atoms with Crippen molar-refractivity contribution in [1.29, 1.82) is 0 Å². The zero-order valence-corrected chi connectivity index (χ0v) is 24.9. The molecule has 0 aliphatic rings. The lowest BCUT2D eigenvalue weighted by atomic mass is 9.95. The predicted molar refractivity (Wildman–Crippen MR) is 191 cm³/mol. The highest BCUT2D eigenvalue weighted by molar-refractivity contribution is 6.21. The van der Waals surface area contributed by atoms with Gasteiger partial charge in [-0.15, -0.1) is 0 Å². The van der Waals surface area contributed by atoms with Crippen molar-refractivity contribution in [2.75, 3.05) is 4.90 Å². The van der Waals surface area contributed by atoms with Crippen LogP contribution in [0, 0.1) is 6.92 Å². The summed E-state index contributed by atoms with van der Waals surface area (Å²) in [5.74, 6) is 0. The number of benzene rings is 8. The standard InChI is InChI=1S/C43H29NO/c1-28-10-8-12-32(26-28)44(41-27-40-33-13-3-2-11-29(33)22-25-36(40)35-14-4-5-15-37(35)41)31-23-20-30(21-24-31)34-17-9-18-39-38-16-6-7-19-42(38)45-43(34)39/h2-27H,1H3. The smallest absolute Gasteiger partial charge is 0.143 e. The molecular weight excluding hydrogens is 546 g/mol. The Morgan fingerprint density at radius 2 is 1.13 bits per heavy atom. The molecule has 0 N–H and O–H groups in total. The molecule has 0 spiro atoms. The molecule has 0 unspecified atom stereocenters. The quantitative estimate of drug-likeness (QED) is 0.194. The number of hydrogen-bond donors (Lipinski definition) is 0. The van der Waals surface area contributed by atoms with E-state index in [1.54, 1.807) is 0 Å². The summed E-state index contributed by atoms with van der Waals surface area (Å²) in [6.45, 7) is 2.16. The van der Waals surface area contributed by atoms with E-state index in [4.69, 9.17) is 4.42 Å². The number of aryl methyl sites for hydroxylation is 1. The minimum Gasteiger partial charge on any atom is -0.455 e. The van der Waals surface area contributed by atoms with Gasteiger partial charge in [-0.05, 0) is 81.4 Å². The lowest BCUT2D eigenvalue weighted by molar-refractivity contribution is 0.670. The zero-order valence-electron chi connectivity index (χ0n) is 24.9. The van der Waals surface area contributed by atoms with Crippen molar-refractivity contribution in [3.05, 3.63) is 163 Å². The van der Waals surface area contributed by atoms with E-state index in [2.05, 4.69) is 157 Å². The highest BCUT2D eigenvalue weighted by atomic mass is 16.3. The van der Waals surface area contributed by atoms with E-state index in [1.807, 2.05) is 12.1 Å². The van der Waals surface area contributed by atoms with Gasteiger partial charge in [0.05, 0.1) is 5.69 Å². The maximum absolute atomic E-state index is 6.38. The summed E-state index contributed by atoms with van der Waals surface area (Å²) in [7, 11) is 0. The highest BCUT2D eigenvalue weighted by Gasteiger charge is 2.19. The van der Waals surface area contributed by atoms with Crippen molar-refractivity contribution in [3.8, 4) is 11.1 Å². The Bertz CT molecular complexity index is 2560. The third-order valence-electron chi connectivity index (χ3n) is 9.09. The van der Waals surface area contributed by atoms with Crippen LogP contribution in [0.15, 0.2) is 162 Å². The molecule has 9 aromatic rings. The number of anilines is 3. The van der Waals surface area contributed by atoms with E-state index in [1.165, 1.54) is 37.9 Å². The fourth-order valence-electron chi connectivity index (χ4n) is 6.99. The molecule has 0 atom stereocenters. The Balaban J connectivity index is 1.27. The third kappa shape index (κ3) is 4.11. The fourth-order valence-corrected chi connectivity index (χ4v) is 6.99. The summed E-state index contributed by atoms with van der Waals surface area (Å²) in [4.78, 5) is 2.40. The molecular formula is C43H29NO. The van der Waals surface area contributed by atoms with Crippen LogP contribution in [0.25, 0.3) is 65.4 Å². The molecule has 0 bridgehead atoms. The minimum atomic E-state index is 0.915. The predicted octanol–water partition coefficient (Wildman–Crippen LogP) is 12.5. The van der Waals surface area contributed by atoms with Gasteiger partial charge in [-0.1, -0.05) is 121 Å². The number of hydrogen-bond acceptors (Lipinski definition) is 2. The molecule has 0 saturated carbocycles. The maximum atomic E-state index is 6.38. The van der Waals surface area contributed by atoms with Gasteiger partial charge in [0, 0.05) is 33.1 Å². The summed E-state index contributed by atoms with van der Waals surface area (Å²) in [6.07, 6.45) is 0. The van der Waals surface area contributed by atoms with Crippen molar-refractivity contribution in [3.63, 3.8) is 0 Å². The lowest BCUT2D eigenvalue weighted by Crippen LogP contribution is -2.11. The van der Waals surface area contributed by atoms with Crippen molar-refractivity contribution in [2.45, 2.75) is 6.92 Å². The highest BCUT2D eigenvalue weighted by Crippen LogP contribution is 2.44. The van der Waals surface area contributed by atoms with Gasteiger partial charge in [0.2, 0.25) is 0 Å². The van der Waals surface area contributed by atoms with Gasteiger partial charge in [-0.3, -0.25) is 0 Å². The molecule has 1 aromatic heterocycles. The molecule has 8 aromatic carbocycles. The van der Waals surface area contributed by atoms with Crippen LogP contribution in [0.1, 0.15) is 5.56 Å². The van der Waals surface area contributed by atoms with E-state index in [0.29, 0.717) is 0 Å². The number of fused-ring (bicyclic) bond motifs is 8. The first kappa shape index (κ1) is 25.6. The van der Waals surface area contributed by atoms with E-state index >= 15 is 0 Å². The summed E-state index contributed by atoms with van der Waals surface area (Å²) < 4.78 is 6.38. The molecule has 9 rings (SSSR count). The van der Waals surface area contributed by atoms with Crippen LogP contribution >= 0.6 is 0 Å². The van der Waals surface area contributed by atoms with E-state index < -0.39 is 0 Å². The van der Waals surface area contributed by atoms with Gasteiger partial charge in [0.25, 0.3) is 0 Å². The second-order valence-electron chi connectivity index (χ2n) is 11.8. The van der Waals surface area contributed by atoms with Crippen LogP contribution in [-0.4, -0.2) is 0 Å². The van der Waals surface area contributed by atoms with Gasteiger partial charge in [-0.25, -0.2) is 0 Å². The van der Waals surface area contributed by atoms with Crippen molar-refractivity contribution in [1.82, 2.24) is 0 Å². The van der Waals surface area contributed by atoms with Crippen LogP contribution < -0.4 is 4.90 Å². The van der Waals surface area contributed by atoms with Crippen molar-refractivity contribution >= 4 is 71.3 Å². The lowest BCUT2D eigenvalue weighted by Gasteiger charge is -2.28. The molecule has 0 fully saturated rings. The van der Waals surface area contributed by atoms with E-state index in [-0.39, 0.29) is 0 Å². The number of nitrogens with zero attached hydrogens (tertiary/aromatic N) is 1. The van der Waals surface area contributed by atoms with Crippen LogP contribution in [0.4, 0.5) is 17.1 Å². The summed E-state index contributed by atoms with van der Waals surface area (Å²) in [5, 5.41) is 9.80. The van der Waals surface area contributed by atoms with E-state index in [9.17, 15) is 0 Å². The monoisotopic (exact) mass is 575 g/mol. The Morgan fingerprint density at radius 1 is 0.444 bits per heavy atom. The Labute approximate surface area is 261 Å². The molecule has 0 radical (unpaired) electrons. The Hall–Kier alpha value is -5.86. The first-order valence-electron chi connectivity index (χ1n) is 15.4.